The Morgan fingerprint density at radius 3 is 2.36 bits per heavy atom. The van der Waals surface area contributed by atoms with Crippen LogP contribution in [0.15, 0.2) is 36.4 Å². The van der Waals surface area contributed by atoms with Crippen LogP contribution < -0.4 is 10.4 Å². The van der Waals surface area contributed by atoms with Crippen molar-refractivity contribution in [2.24, 2.45) is 5.92 Å². The Morgan fingerprint density at radius 1 is 1.00 bits per heavy atom. The molecule has 0 nitrogen and oxygen atoms in total. The van der Waals surface area contributed by atoms with Gasteiger partial charge in [-0.2, -0.15) is 0 Å². The Morgan fingerprint density at radius 2 is 1.64 bits per heavy atom. The third-order valence-corrected chi connectivity index (χ3v) is 2.13. The van der Waals surface area contributed by atoms with Crippen LogP contribution in [0, 0.1) is 5.92 Å². The summed E-state index contributed by atoms with van der Waals surface area (Å²) in [5.41, 5.74) is 0. The molecular weight excluding hydrogens is 168 g/mol. The van der Waals surface area contributed by atoms with Crippen LogP contribution in [0.2, 0.25) is 0 Å². The minimum atomic E-state index is 0.546. The number of hydrogen-bond acceptors (Lipinski definition) is 0. The Kier molecular flexibility index (Phi) is 4.18. The van der Waals surface area contributed by atoms with Crippen LogP contribution >= 0.6 is 0 Å². The first-order valence-electron chi connectivity index (χ1n) is 5.32. The van der Waals surface area contributed by atoms with Gasteiger partial charge >= 0.3 is 0 Å². The molecule has 0 saturated carbocycles. The maximum atomic E-state index is 2.29. The molecule has 0 N–H and O–H groups in total. The highest BCUT2D eigenvalue weighted by atomic mass is 14.0. The summed E-state index contributed by atoms with van der Waals surface area (Å²) in [7, 11) is 0. The number of hydrogen-bond donors (Lipinski definition) is 0. The number of benzene rings is 1. The zero-order chi connectivity index (χ0) is 10.4. The second-order valence-corrected chi connectivity index (χ2v) is 3.21. The summed E-state index contributed by atoms with van der Waals surface area (Å²) in [5, 5.41) is 2.66. The van der Waals surface area contributed by atoms with Crippen molar-refractivity contribution in [3.8, 4) is 0 Å². The van der Waals surface area contributed by atoms with Crippen LogP contribution in [0.3, 0.4) is 0 Å². The van der Waals surface area contributed by atoms with Crippen LogP contribution in [0.25, 0.3) is 12.2 Å². The Hall–Kier alpha value is -1.30. The van der Waals surface area contributed by atoms with E-state index in [-0.39, 0.29) is 0 Å². The molecular formula is C14H18. The molecule has 0 heteroatoms. The van der Waals surface area contributed by atoms with Gasteiger partial charge in [-0.3, -0.25) is 0 Å². The molecule has 1 unspecified atom stereocenters. The molecule has 0 saturated heterocycles. The molecule has 1 aliphatic carbocycles. The highest BCUT2D eigenvalue weighted by Gasteiger charge is 1.93. The lowest BCUT2D eigenvalue weighted by atomic mass is 10.1. The van der Waals surface area contributed by atoms with Crippen LogP contribution in [0.4, 0.5) is 0 Å². The molecule has 1 aliphatic rings. The molecule has 0 radical (unpaired) electrons. The summed E-state index contributed by atoms with van der Waals surface area (Å²) in [6.07, 6.45) is 8.79. The fraction of sp³-hybridized carbons (Fsp3) is 0.286. The molecule has 2 rings (SSSR count). The third-order valence-electron chi connectivity index (χ3n) is 2.13. The lowest BCUT2D eigenvalue weighted by Crippen LogP contribution is -2.23. The molecule has 0 amide bonds. The standard InChI is InChI=1S/C12H12.C2H6/c1-10-5-4-8-11-6-2-3-7-12(11)9-10;1-2/h2-10H,1H3;1-2H3. The van der Waals surface area contributed by atoms with Crippen molar-refractivity contribution in [2.75, 3.05) is 0 Å². The van der Waals surface area contributed by atoms with E-state index in [1.54, 1.807) is 0 Å². The molecule has 0 fully saturated rings. The van der Waals surface area contributed by atoms with E-state index in [2.05, 4.69) is 55.5 Å². The second kappa shape index (κ2) is 5.43. The van der Waals surface area contributed by atoms with E-state index in [1.165, 1.54) is 10.4 Å². The lowest BCUT2D eigenvalue weighted by Gasteiger charge is -1.93. The summed E-state index contributed by atoms with van der Waals surface area (Å²) in [6.45, 7) is 6.20. The minimum Gasteiger partial charge on any atom is -0.0778 e. The van der Waals surface area contributed by atoms with Gasteiger partial charge in [0, 0.05) is 0 Å². The van der Waals surface area contributed by atoms with Crippen LogP contribution in [-0.2, 0) is 0 Å². The Bertz CT molecular complexity index is 410. The summed E-state index contributed by atoms with van der Waals surface area (Å²) in [5.74, 6) is 0.546. The van der Waals surface area contributed by atoms with Crippen molar-refractivity contribution in [2.45, 2.75) is 20.8 Å². The molecule has 74 valence electrons. The molecule has 14 heavy (non-hydrogen) atoms. The van der Waals surface area contributed by atoms with Gasteiger partial charge in [0.15, 0.2) is 0 Å². The van der Waals surface area contributed by atoms with E-state index in [4.69, 9.17) is 0 Å². The highest BCUT2D eigenvalue weighted by molar-refractivity contribution is 5.45. The second-order valence-electron chi connectivity index (χ2n) is 3.21. The van der Waals surface area contributed by atoms with Gasteiger partial charge in [-0.05, 0) is 16.4 Å². The average Bonchev–Trinajstić information content (AvgIpc) is 2.41. The minimum absolute atomic E-state index is 0.546. The van der Waals surface area contributed by atoms with Crippen molar-refractivity contribution in [3.63, 3.8) is 0 Å². The van der Waals surface area contributed by atoms with E-state index < -0.39 is 0 Å². The molecule has 0 spiro atoms. The fourth-order valence-corrected chi connectivity index (χ4v) is 1.49. The molecule has 0 bridgehead atoms. The van der Waals surface area contributed by atoms with E-state index in [0.717, 1.165) is 0 Å². The molecule has 0 aromatic heterocycles. The van der Waals surface area contributed by atoms with Crippen LogP contribution in [0.5, 0.6) is 0 Å². The van der Waals surface area contributed by atoms with Gasteiger partial charge in [-0.1, -0.05) is 69.3 Å². The van der Waals surface area contributed by atoms with Crippen molar-refractivity contribution in [1.82, 2.24) is 0 Å². The van der Waals surface area contributed by atoms with Crippen molar-refractivity contribution >= 4 is 12.2 Å². The van der Waals surface area contributed by atoms with Crippen LogP contribution in [-0.4, -0.2) is 0 Å². The average molecular weight is 186 g/mol. The lowest BCUT2D eigenvalue weighted by molar-refractivity contribution is 0.998. The molecule has 1 atom stereocenters. The highest BCUT2D eigenvalue weighted by Crippen LogP contribution is 1.99. The van der Waals surface area contributed by atoms with Gasteiger partial charge in [0.1, 0.15) is 0 Å². The number of rotatable bonds is 0. The van der Waals surface area contributed by atoms with Gasteiger partial charge in [0.2, 0.25) is 0 Å². The fourth-order valence-electron chi connectivity index (χ4n) is 1.49. The first-order chi connectivity index (χ1) is 6.86. The van der Waals surface area contributed by atoms with Gasteiger partial charge in [0.25, 0.3) is 0 Å². The topological polar surface area (TPSA) is 0 Å². The molecule has 0 aliphatic heterocycles. The van der Waals surface area contributed by atoms with E-state index in [0.29, 0.717) is 5.92 Å². The monoisotopic (exact) mass is 186 g/mol. The van der Waals surface area contributed by atoms with Crippen LogP contribution in [0.1, 0.15) is 20.8 Å². The largest absolute Gasteiger partial charge is 0.0778 e. The zero-order valence-corrected chi connectivity index (χ0v) is 9.20. The van der Waals surface area contributed by atoms with Crippen molar-refractivity contribution < 1.29 is 0 Å². The predicted molar refractivity (Wildman–Crippen MR) is 64.3 cm³/mol. The van der Waals surface area contributed by atoms with Gasteiger partial charge < -0.3 is 0 Å². The summed E-state index contributed by atoms with van der Waals surface area (Å²) in [4.78, 5) is 0. The zero-order valence-electron chi connectivity index (χ0n) is 9.20. The third kappa shape index (κ3) is 2.59. The van der Waals surface area contributed by atoms with E-state index >= 15 is 0 Å². The first-order valence-corrected chi connectivity index (χ1v) is 5.32. The van der Waals surface area contributed by atoms with Gasteiger partial charge in [-0.25, -0.2) is 0 Å². The normalized spacial score (nSPS) is 17.8. The van der Waals surface area contributed by atoms with Crippen molar-refractivity contribution in [3.05, 3.63) is 46.9 Å². The summed E-state index contributed by atoms with van der Waals surface area (Å²) >= 11 is 0. The molecule has 1 aromatic carbocycles. The maximum absolute atomic E-state index is 2.29. The number of allylic oxidation sites excluding steroid dienone is 2. The van der Waals surface area contributed by atoms with E-state index in [1.807, 2.05) is 13.8 Å². The van der Waals surface area contributed by atoms with Gasteiger partial charge in [-0.15, -0.1) is 0 Å². The Labute approximate surface area is 86.3 Å². The first kappa shape index (κ1) is 10.8. The predicted octanol–water partition coefficient (Wildman–Crippen LogP) is 2.48. The summed E-state index contributed by atoms with van der Waals surface area (Å²) < 4.78 is 0. The van der Waals surface area contributed by atoms with E-state index in [9.17, 15) is 0 Å². The molecule has 0 heterocycles. The quantitative estimate of drug-likeness (QED) is 0.584. The Balaban J connectivity index is 0.000000461. The number of fused-ring (bicyclic) bond motifs is 1. The SMILES string of the molecule is CC.CC1C=CC=c2ccccc2=C1. The molecule has 1 aromatic rings. The van der Waals surface area contributed by atoms with Gasteiger partial charge in [0.05, 0.1) is 0 Å². The van der Waals surface area contributed by atoms with Crippen molar-refractivity contribution in [1.29, 1.82) is 0 Å². The summed E-state index contributed by atoms with van der Waals surface area (Å²) in [6, 6.07) is 8.47. The smallest absolute Gasteiger partial charge is 0.00696 e. The maximum Gasteiger partial charge on any atom is -0.00696 e.